The summed E-state index contributed by atoms with van der Waals surface area (Å²) in [7, 11) is 0. The molecule has 5 nitrogen and oxygen atoms in total. The first-order chi connectivity index (χ1) is 13.9. The SMILES string of the molecule is Cc1cc(C)c(C=NNC(=O)c2ccc(NC(=O)c3ccccc3)cc2)c(C)c1. The highest BCUT2D eigenvalue weighted by molar-refractivity contribution is 6.04. The van der Waals surface area contributed by atoms with Gasteiger partial charge in [-0.1, -0.05) is 35.9 Å². The van der Waals surface area contributed by atoms with Gasteiger partial charge in [-0.25, -0.2) is 5.43 Å². The number of anilines is 1. The van der Waals surface area contributed by atoms with Gasteiger partial charge in [0, 0.05) is 22.4 Å². The quantitative estimate of drug-likeness (QED) is 0.497. The number of hydrazone groups is 1. The summed E-state index contributed by atoms with van der Waals surface area (Å²) < 4.78 is 0. The Kier molecular flexibility index (Phi) is 6.19. The fourth-order valence-electron chi connectivity index (χ4n) is 3.11. The molecule has 0 aliphatic heterocycles. The van der Waals surface area contributed by atoms with Crippen molar-refractivity contribution in [3.8, 4) is 0 Å². The Morgan fingerprint density at radius 3 is 2.00 bits per heavy atom. The van der Waals surface area contributed by atoms with Gasteiger partial charge in [-0.15, -0.1) is 0 Å². The van der Waals surface area contributed by atoms with E-state index in [0.717, 1.165) is 16.7 Å². The van der Waals surface area contributed by atoms with E-state index >= 15 is 0 Å². The van der Waals surface area contributed by atoms with Gasteiger partial charge in [0.1, 0.15) is 0 Å². The normalized spacial score (nSPS) is 10.7. The Hall–Kier alpha value is -3.73. The van der Waals surface area contributed by atoms with Crippen LogP contribution in [0, 0.1) is 20.8 Å². The highest BCUT2D eigenvalue weighted by Crippen LogP contribution is 2.14. The molecule has 0 bridgehead atoms. The molecular formula is C24H23N3O2. The highest BCUT2D eigenvalue weighted by atomic mass is 16.2. The molecule has 0 saturated heterocycles. The van der Waals surface area contributed by atoms with Crippen LogP contribution in [0.2, 0.25) is 0 Å². The van der Waals surface area contributed by atoms with Crippen LogP contribution in [0.4, 0.5) is 5.69 Å². The Balaban J connectivity index is 1.61. The highest BCUT2D eigenvalue weighted by Gasteiger charge is 2.08. The number of carbonyl (C=O) groups excluding carboxylic acids is 2. The fourth-order valence-corrected chi connectivity index (χ4v) is 3.11. The van der Waals surface area contributed by atoms with Crippen LogP contribution in [0.15, 0.2) is 71.8 Å². The van der Waals surface area contributed by atoms with E-state index in [0.29, 0.717) is 16.8 Å². The van der Waals surface area contributed by atoms with Crippen LogP contribution in [-0.4, -0.2) is 18.0 Å². The molecule has 0 aromatic heterocycles. The molecule has 5 heteroatoms. The Labute approximate surface area is 170 Å². The largest absolute Gasteiger partial charge is 0.322 e. The minimum absolute atomic E-state index is 0.198. The lowest BCUT2D eigenvalue weighted by Crippen LogP contribution is -2.18. The van der Waals surface area contributed by atoms with Gasteiger partial charge < -0.3 is 5.32 Å². The zero-order chi connectivity index (χ0) is 20.8. The lowest BCUT2D eigenvalue weighted by Gasteiger charge is -2.07. The van der Waals surface area contributed by atoms with Gasteiger partial charge in [0.2, 0.25) is 0 Å². The van der Waals surface area contributed by atoms with Crippen LogP contribution in [0.5, 0.6) is 0 Å². The molecule has 0 saturated carbocycles. The summed E-state index contributed by atoms with van der Waals surface area (Å²) in [5.74, 6) is -0.513. The molecule has 0 aliphatic rings. The molecule has 0 unspecified atom stereocenters. The molecule has 29 heavy (non-hydrogen) atoms. The third-order valence-electron chi connectivity index (χ3n) is 4.54. The molecule has 0 fully saturated rings. The van der Waals surface area contributed by atoms with Crippen molar-refractivity contribution >= 4 is 23.7 Å². The van der Waals surface area contributed by atoms with E-state index in [1.807, 2.05) is 32.0 Å². The Morgan fingerprint density at radius 1 is 0.793 bits per heavy atom. The first-order valence-corrected chi connectivity index (χ1v) is 9.32. The van der Waals surface area contributed by atoms with Crippen LogP contribution < -0.4 is 10.7 Å². The number of nitrogens with zero attached hydrogens (tertiary/aromatic N) is 1. The van der Waals surface area contributed by atoms with Crippen molar-refractivity contribution in [3.05, 3.63) is 100 Å². The summed E-state index contributed by atoms with van der Waals surface area (Å²) in [6.45, 7) is 6.09. The molecule has 3 aromatic carbocycles. The lowest BCUT2D eigenvalue weighted by atomic mass is 10.0. The molecule has 2 N–H and O–H groups in total. The van der Waals surface area contributed by atoms with E-state index < -0.39 is 0 Å². The van der Waals surface area contributed by atoms with Gasteiger partial charge in [-0.3, -0.25) is 9.59 Å². The van der Waals surface area contributed by atoms with Gasteiger partial charge in [-0.2, -0.15) is 5.10 Å². The van der Waals surface area contributed by atoms with Crippen molar-refractivity contribution in [1.82, 2.24) is 5.43 Å². The number of hydrogen-bond acceptors (Lipinski definition) is 3. The summed E-state index contributed by atoms with van der Waals surface area (Å²) in [5, 5.41) is 6.89. The third kappa shape index (κ3) is 5.17. The summed E-state index contributed by atoms with van der Waals surface area (Å²) in [6.07, 6.45) is 1.66. The zero-order valence-electron chi connectivity index (χ0n) is 16.7. The summed E-state index contributed by atoms with van der Waals surface area (Å²) >= 11 is 0. The molecule has 0 heterocycles. The smallest absolute Gasteiger partial charge is 0.271 e. The Bertz CT molecular complexity index is 1030. The van der Waals surface area contributed by atoms with Crippen LogP contribution >= 0.6 is 0 Å². The van der Waals surface area contributed by atoms with Crippen molar-refractivity contribution in [2.24, 2.45) is 5.10 Å². The fraction of sp³-hybridized carbons (Fsp3) is 0.125. The molecular weight excluding hydrogens is 362 g/mol. The number of nitrogens with one attached hydrogen (secondary N) is 2. The minimum Gasteiger partial charge on any atom is -0.322 e. The summed E-state index contributed by atoms with van der Waals surface area (Å²) in [4.78, 5) is 24.5. The molecule has 2 amide bonds. The molecule has 146 valence electrons. The average Bonchev–Trinajstić information content (AvgIpc) is 2.71. The van der Waals surface area contributed by atoms with E-state index in [2.05, 4.69) is 34.9 Å². The standard InChI is InChI=1S/C24H23N3O2/c1-16-13-17(2)22(18(3)14-16)15-25-27-24(29)20-9-11-21(12-10-20)26-23(28)19-7-5-4-6-8-19/h4-15H,1-3H3,(H,26,28)(H,27,29). The number of hydrogen-bond donors (Lipinski definition) is 2. The zero-order valence-corrected chi connectivity index (χ0v) is 16.7. The van der Waals surface area contributed by atoms with Gasteiger partial charge in [0.05, 0.1) is 6.21 Å². The van der Waals surface area contributed by atoms with Gasteiger partial charge in [-0.05, 0) is 68.3 Å². The van der Waals surface area contributed by atoms with Crippen LogP contribution in [0.3, 0.4) is 0 Å². The number of amides is 2. The van der Waals surface area contributed by atoms with Gasteiger partial charge in [0.25, 0.3) is 11.8 Å². The second kappa shape index (κ2) is 8.97. The van der Waals surface area contributed by atoms with E-state index in [9.17, 15) is 9.59 Å². The van der Waals surface area contributed by atoms with Gasteiger partial charge >= 0.3 is 0 Å². The number of aryl methyl sites for hydroxylation is 3. The molecule has 0 aliphatic carbocycles. The van der Waals surface area contributed by atoms with Crippen molar-refractivity contribution in [2.75, 3.05) is 5.32 Å². The van der Waals surface area contributed by atoms with E-state index in [1.165, 1.54) is 5.56 Å². The van der Waals surface area contributed by atoms with Crippen molar-refractivity contribution in [3.63, 3.8) is 0 Å². The molecule has 3 rings (SSSR count). The predicted molar refractivity (Wildman–Crippen MR) is 117 cm³/mol. The van der Waals surface area contributed by atoms with Crippen LogP contribution in [-0.2, 0) is 0 Å². The summed E-state index contributed by atoms with van der Waals surface area (Å²) in [5.41, 5.74) is 8.60. The first kappa shape index (κ1) is 20.0. The molecule has 3 aromatic rings. The van der Waals surface area contributed by atoms with E-state index in [4.69, 9.17) is 0 Å². The summed E-state index contributed by atoms with van der Waals surface area (Å²) in [6, 6.07) is 19.8. The second-order valence-electron chi connectivity index (χ2n) is 6.91. The van der Waals surface area contributed by atoms with E-state index in [1.54, 1.807) is 42.6 Å². The topological polar surface area (TPSA) is 70.6 Å². The molecule has 0 atom stereocenters. The second-order valence-corrected chi connectivity index (χ2v) is 6.91. The van der Waals surface area contributed by atoms with E-state index in [-0.39, 0.29) is 11.8 Å². The average molecular weight is 385 g/mol. The predicted octanol–water partition coefficient (Wildman–Crippen LogP) is 4.63. The first-order valence-electron chi connectivity index (χ1n) is 9.32. The number of rotatable bonds is 5. The third-order valence-corrected chi connectivity index (χ3v) is 4.54. The van der Waals surface area contributed by atoms with Crippen molar-refractivity contribution < 1.29 is 9.59 Å². The maximum absolute atomic E-state index is 12.3. The maximum Gasteiger partial charge on any atom is 0.271 e. The minimum atomic E-state index is -0.315. The molecule has 0 radical (unpaired) electrons. The van der Waals surface area contributed by atoms with Crippen LogP contribution in [0.25, 0.3) is 0 Å². The van der Waals surface area contributed by atoms with Crippen molar-refractivity contribution in [1.29, 1.82) is 0 Å². The van der Waals surface area contributed by atoms with Gasteiger partial charge in [0.15, 0.2) is 0 Å². The van der Waals surface area contributed by atoms with Crippen molar-refractivity contribution in [2.45, 2.75) is 20.8 Å². The Morgan fingerprint density at radius 2 is 1.38 bits per heavy atom. The number of carbonyl (C=O) groups is 2. The number of benzene rings is 3. The molecule has 0 spiro atoms. The maximum atomic E-state index is 12.3. The lowest BCUT2D eigenvalue weighted by molar-refractivity contribution is 0.0954. The van der Waals surface area contributed by atoms with Crippen LogP contribution in [0.1, 0.15) is 43.0 Å². The monoisotopic (exact) mass is 385 g/mol.